The highest BCUT2D eigenvalue weighted by molar-refractivity contribution is 6.21. The second kappa shape index (κ2) is 10.5. The SMILES string of the molecule is COc1ccc(CN2C(=O)c3ccccc3C2=O)cc1C(=O)NCCNC(=O)C1CCCCC1. The van der Waals surface area contributed by atoms with Gasteiger partial charge < -0.3 is 15.4 Å². The zero-order valence-electron chi connectivity index (χ0n) is 19.3. The number of methoxy groups -OCH3 is 1. The Labute approximate surface area is 198 Å². The van der Waals surface area contributed by atoms with E-state index in [0.29, 0.717) is 34.5 Å². The van der Waals surface area contributed by atoms with Crippen molar-refractivity contribution in [1.82, 2.24) is 15.5 Å². The minimum Gasteiger partial charge on any atom is -0.496 e. The number of fused-ring (bicyclic) bond motifs is 1. The minimum atomic E-state index is -0.354. The van der Waals surface area contributed by atoms with Gasteiger partial charge in [-0.25, -0.2) is 0 Å². The van der Waals surface area contributed by atoms with Gasteiger partial charge in [-0.05, 0) is 42.7 Å². The minimum absolute atomic E-state index is 0.0497. The van der Waals surface area contributed by atoms with E-state index in [1.807, 2.05) is 0 Å². The van der Waals surface area contributed by atoms with Gasteiger partial charge in [0, 0.05) is 19.0 Å². The van der Waals surface area contributed by atoms with Gasteiger partial charge in [0.1, 0.15) is 5.75 Å². The van der Waals surface area contributed by atoms with Crippen LogP contribution in [0.15, 0.2) is 42.5 Å². The lowest BCUT2D eigenvalue weighted by atomic mass is 9.89. The molecule has 4 amide bonds. The van der Waals surface area contributed by atoms with Gasteiger partial charge in [0.05, 0.1) is 30.3 Å². The molecule has 1 saturated carbocycles. The Morgan fingerprint density at radius 3 is 2.24 bits per heavy atom. The van der Waals surface area contributed by atoms with E-state index in [0.717, 1.165) is 25.7 Å². The number of benzene rings is 2. The fraction of sp³-hybridized carbons (Fsp3) is 0.385. The number of carbonyl (C=O) groups is 4. The Hall–Kier alpha value is -3.68. The number of rotatable bonds is 8. The fourth-order valence-corrected chi connectivity index (χ4v) is 4.56. The number of imide groups is 1. The highest BCUT2D eigenvalue weighted by Crippen LogP contribution is 2.26. The van der Waals surface area contributed by atoms with Gasteiger partial charge in [0.25, 0.3) is 17.7 Å². The predicted octanol–water partition coefficient (Wildman–Crippen LogP) is 2.92. The normalized spacial score (nSPS) is 15.7. The highest BCUT2D eigenvalue weighted by Gasteiger charge is 2.35. The van der Waals surface area contributed by atoms with Crippen molar-refractivity contribution < 1.29 is 23.9 Å². The molecule has 2 aliphatic rings. The van der Waals surface area contributed by atoms with Gasteiger partial charge in [-0.15, -0.1) is 0 Å². The molecule has 4 rings (SSSR count). The maximum atomic E-state index is 12.8. The molecule has 8 nitrogen and oxygen atoms in total. The van der Waals surface area contributed by atoms with Gasteiger partial charge in [-0.1, -0.05) is 37.5 Å². The fourth-order valence-electron chi connectivity index (χ4n) is 4.56. The summed E-state index contributed by atoms with van der Waals surface area (Å²) in [5.41, 5.74) is 1.70. The van der Waals surface area contributed by atoms with Crippen LogP contribution in [0, 0.1) is 5.92 Å². The molecule has 0 unspecified atom stereocenters. The molecule has 0 spiro atoms. The van der Waals surface area contributed by atoms with Crippen LogP contribution in [-0.4, -0.2) is 48.7 Å². The number of ether oxygens (including phenoxy) is 1. The molecule has 1 heterocycles. The van der Waals surface area contributed by atoms with E-state index in [4.69, 9.17) is 4.74 Å². The van der Waals surface area contributed by atoms with E-state index in [2.05, 4.69) is 10.6 Å². The van der Waals surface area contributed by atoms with Crippen molar-refractivity contribution in [2.45, 2.75) is 38.6 Å². The topological polar surface area (TPSA) is 105 Å². The predicted molar refractivity (Wildman–Crippen MR) is 126 cm³/mol. The average Bonchev–Trinajstić information content (AvgIpc) is 3.11. The van der Waals surface area contributed by atoms with E-state index in [-0.39, 0.29) is 42.6 Å². The molecule has 0 aromatic heterocycles. The van der Waals surface area contributed by atoms with Crippen LogP contribution >= 0.6 is 0 Å². The molecular weight excluding hydrogens is 434 g/mol. The summed E-state index contributed by atoms with van der Waals surface area (Å²) in [5, 5.41) is 5.70. The summed E-state index contributed by atoms with van der Waals surface area (Å²) < 4.78 is 5.33. The first kappa shape index (κ1) is 23.5. The Kier molecular flexibility index (Phi) is 7.25. The van der Waals surface area contributed by atoms with Gasteiger partial charge in [0.15, 0.2) is 0 Å². The first-order chi connectivity index (χ1) is 16.5. The molecule has 34 heavy (non-hydrogen) atoms. The largest absolute Gasteiger partial charge is 0.496 e. The Balaban J connectivity index is 1.36. The summed E-state index contributed by atoms with van der Waals surface area (Å²) >= 11 is 0. The summed E-state index contributed by atoms with van der Waals surface area (Å²) in [6.07, 6.45) is 5.22. The van der Waals surface area contributed by atoms with Crippen LogP contribution in [-0.2, 0) is 11.3 Å². The molecule has 2 N–H and O–H groups in total. The number of amides is 4. The number of carbonyl (C=O) groups excluding carboxylic acids is 4. The van der Waals surface area contributed by atoms with Crippen molar-refractivity contribution in [2.24, 2.45) is 5.92 Å². The molecule has 0 bridgehead atoms. The third-order valence-electron chi connectivity index (χ3n) is 6.41. The van der Waals surface area contributed by atoms with Crippen molar-refractivity contribution in [2.75, 3.05) is 20.2 Å². The maximum Gasteiger partial charge on any atom is 0.261 e. The molecule has 1 aliphatic carbocycles. The zero-order valence-corrected chi connectivity index (χ0v) is 19.3. The average molecular weight is 464 g/mol. The Bertz CT molecular complexity index is 1070. The van der Waals surface area contributed by atoms with Gasteiger partial charge in [-0.3, -0.25) is 24.1 Å². The van der Waals surface area contributed by atoms with Crippen LogP contribution in [0.25, 0.3) is 0 Å². The van der Waals surface area contributed by atoms with Crippen LogP contribution in [0.2, 0.25) is 0 Å². The number of hydrogen-bond acceptors (Lipinski definition) is 5. The third-order valence-corrected chi connectivity index (χ3v) is 6.41. The Morgan fingerprint density at radius 2 is 1.59 bits per heavy atom. The van der Waals surface area contributed by atoms with Crippen LogP contribution in [0.4, 0.5) is 0 Å². The summed E-state index contributed by atoms with van der Waals surface area (Å²) in [7, 11) is 1.47. The first-order valence-electron chi connectivity index (χ1n) is 11.7. The quantitative estimate of drug-likeness (QED) is 0.463. The van der Waals surface area contributed by atoms with Gasteiger partial charge >= 0.3 is 0 Å². The summed E-state index contributed by atoms with van der Waals surface area (Å²) in [4.78, 5) is 51.6. The standard InChI is InChI=1S/C26H29N3O5/c1-34-22-12-11-17(16-29-25(32)19-9-5-6-10-20(19)26(29)33)15-21(22)24(31)28-14-13-27-23(30)18-7-3-2-4-8-18/h5-6,9-12,15,18H,2-4,7-8,13-14,16H2,1H3,(H,27,30)(H,28,31). The number of nitrogens with zero attached hydrogens (tertiary/aromatic N) is 1. The molecule has 0 atom stereocenters. The second-order valence-electron chi connectivity index (χ2n) is 8.66. The molecule has 8 heteroatoms. The Morgan fingerprint density at radius 1 is 0.941 bits per heavy atom. The lowest BCUT2D eigenvalue weighted by Crippen LogP contribution is -2.38. The molecule has 1 aliphatic heterocycles. The van der Waals surface area contributed by atoms with Crippen LogP contribution < -0.4 is 15.4 Å². The van der Waals surface area contributed by atoms with E-state index < -0.39 is 0 Å². The molecular formula is C26H29N3O5. The molecule has 2 aromatic rings. The third kappa shape index (κ3) is 4.95. The maximum absolute atomic E-state index is 12.8. The van der Waals surface area contributed by atoms with Gasteiger partial charge in [0.2, 0.25) is 5.91 Å². The lowest BCUT2D eigenvalue weighted by Gasteiger charge is -2.20. The van der Waals surface area contributed by atoms with Crippen molar-refractivity contribution >= 4 is 23.6 Å². The van der Waals surface area contributed by atoms with Crippen LogP contribution in [0.5, 0.6) is 5.75 Å². The molecule has 178 valence electrons. The number of hydrogen-bond donors (Lipinski definition) is 2. The summed E-state index contributed by atoms with van der Waals surface area (Å²) in [5.74, 6) is -0.548. The van der Waals surface area contributed by atoms with Crippen LogP contribution in [0.1, 0.15) is 68.7 Å². The monoisotopic (exact) mass is 463 g/mol. The molecule has 0 radical (unpaired) electrons. The van der Waals surface area contributed by atoms with Crippen LogP contribution in [0.3, 0.4) is 0 Å². The van der Waals surface area contributed by atoms with E-state index in [1.54, 1.807) is 42.5 Å². The lowest BCUT2D eigenvalue weighted by molar-refractivity contribution is -0.125. The van der Waals surface area contributed by atoms with Crippen molar-refractivity contribution in [3.63, 3.8) is 0 Å². The van der Waals surface area contributed by atoms with Crippen molar-refractivity contribution in [1.29, 1.82) is 0 Å². The molecule has 1 fully saturated rings. The highest BCUT2D eigenvalue weighted by atomic mass is 16.5. The van der Waals surface area contributed by atoms with E-state index in [1.165, 1.54) is 18.4 Å². The van der Waals surface area contributed by atoms with E-state index >= 15 is 0 Å². The second-order valence-corrected chi connectivity index (χ2v) is 8.66. The van der Waals surface area contributed by atoms with Crippen molar-refractivity contribution in [3.05, 3.63) is 64.7 Å². The first-order valence-corrected chi connectivity index (χ1v) is 11.7. The van der Waals surface area contributed by atoms with E-state index in [9.17, 15) is 19.2 Å². The molecule has 2 aromatic carbocycles. The van der Waals surface area contributed by atoms with Gasteiger partial charge in [-0.2, -0.15) is 0 Å². The van der Waals surface area contributed by atoms with Crippen molar-refractivity contribution in [3.8, 4) is 5.75 Å². The number of nitrogens with one attached hydrogen (secondary N) is 2. The summed E-state index contributed by atoms with van der Waals surface area (Å²) in [6.45, 7) is 0.676. The molecule has 0 saturated heterocycles. The summed E-state index contributed by atoms with van der Waals surface area (Å²) in [6, 6.07) is 11.7. The zero-order chi connectivity index (χ0) is 24.1. The smallest absolute Gasteiger partial charge is 0.261 e.